The summed E-state index contributed by atoms with van der Waals surface area (Å²) in [6.07, 6.45) is -0.470. The molecule has 4 nitrogen and oxygen atoms in total. The topological polar surface area (TPSA) is 47.6 Å². The number of fused-ring (bicyclic) bond motifs is 1. The third-order valence-electron chi connectivity index (χ3n) is 2.17. The van der Waals surface area contributed by atoms with Crippen molar-refractivity contribution >= 4 is 27.5 Å². The molecule has 0 aromatic heterocycles. The highest BCUT2D eigenvalue weighted by Crippen LogP contribution is 2.40. The highest BCUT2D eigenvalue weighted by molar-refractivity contribution is 9.10. The maximum absolute atomic E-state index is 11.4. The van der Waals surface area contributed by atoms with E-state index in [-0.39, 0.29) is 5.91 Å². The Morgan fingerprint density at radius 3 is 2.93 bits per heavy atom. The number of methoxy groups -OCH3 is 1. The summed E-state index contributed by atoms with van der Waals surface area (Å²) in [5.41, 5.74) is 0.629. The largest absolute Gasteiger partial charge is 0.497 e. The average Bonchev–Trinajstić information content (AvgIpc) is 2.21. The monoisotopic (exact) mass is 271 g/mol. The molecule has 0 fully saturated rings. The van der Waals surface area contributed by atoms with E-state index < -0.39 is 6.10 Å². The molecule has 1 aliphatic heterocycles. The Bertz CT molecular complexity index is 419. The summed E-state index contributed by atoms with van der Waals surface area (Å²) < 4.78 is 11.3. The van der Waals surface area contributed by atoms with E-state index >= 15 is 0 Å². The van der Waals surface area contributed by atoms with Crippen LogP contribution in [-0.4, -0.2) is 19.1 Å². The van der Waals surface area contributed by atoms with Crippen LogP contribution in [0.5, 0.6) is 11.5 Å². The summed E-state index contributed by atoms with van der Waals surface area (Å²) in [6, 6.07) is 3.52. The Balaban J connectivity index is 2.48. The minimum absolute atomic E-state index is 0.150. The molecule has 1 heterocycles. The van der Waals surface area contributed by atoms with Crippen LogP contribution in [0.15, 0.2) is 16.6 Å². The first-order valence-electron chi connectivity index (χ1n) is 4.47. The van der Waals surface area contributed by atoms with Crippen molar-refractivity contribution in [3.8, 4) is 11.5 Å². The summed E-state index contributed by atoms with van der Waals surface area (Å²) >= 11 is 3.36. The molecule has 0 unspecified atom stereocenters. The zero-order valence-corrected chi connectivity index (χ0v) is 9.92. The van der Waals surface area contributed by atoms with Gasteiger partial charge in [-0.3, -0.25) is 4.79 Å². The van der Waals surface area contributed by atoms with E-state index in [9.17, 15) is 4.79 Å². The molecule has 1 aromatic rings. The molecular formula is C10H10BrNO3. The fraction of sp³-hybridized carbons (Fsp3) is 0.300. The zero-order chi connectivity index (χ0) is 11.0. The molecule has 1 N–H and O–H groups in total. The summed E-state index contributed by atoms with van der Waals surface area (Å²) in [7, 11) is 1.57. The molecule has 0 saturated carbocycles. The molecule has 1 aromatic carbocycles. The minimum atomic E-state index is -0.470. The number of carbonyl (C=O) groups is 1. The van der Waals surface area contributed by atoms with Crippen molar-refractivity contribution in [1.82, 2.24) is 0 Å². The molecule has 5 heteroatoms. The van der Waals surface area contributed by atoms with E-state index in [2.05, 4.69) is 21.2 Å². The van der Waals surface area contributed by atoms with Gasteiger partial charge in [-0.05, 0) is 28.9 Å². The molecule has 15 heavy (non-hydrogen) atoms. The summed E-state index contributed by atoms with van der Waals surface area (Å²) in [6.45, 7) is 1.70. The highest BCUT2D eigenvalue weighted by atomic mass is 79.9. The molecule has 1 amide bonds. The predicted octanol–water partition coefficient (Wildman–Crippen LogP) is 2.18. The Hall–Kier alpha value is -1.23. The van der Waals surface area contributed by atoms with Crippen LogP contribution >= 0.6 is 15.9 Å². The van der Waals surface area contributed by atoms with E-state index in [1.54, 1.807) is 26.2 Å². The molecule has 0 bridgehead atoms. The van der Waals surface area contributed by atoms with Crippen molar-refractivity contribution in [3.63, 3.8) is 0 Å². The number of carbonyl (C=O) groups excluding carboxylic acids is 1. The first-order valence-corrected chi connectivity index (χ1v) is 5.26. The lowest BCUT2D eigenvalue weighted by Gasteiger charge is -2.24. The van der Waals surface area contributed by atoms with Gasteiger partial charge in [0.15, 0.2) is 11.9 Å². The van der Waals surface area contributed by atoms with Crippen LogP contribution in [0.2, 0.25) is 0 Å². The van der Waals surface area contributed by atoms with E-state index in [0.29, 0.717) is 17.2 Å². The molecule has 2 rings (SSSR count). The maximum atomic E-state index is 11.4. The number of hydrogen-bond acceptors (Lipinski definition) is 3. The number of nitrogens with one attached hydrogen (secondary N) is 1. The first kappa shape index (κ1) is 10.3. The predicted molar refractivity (Wildman–Crippen MR) is 59.4 cm³/mol. The van der Waals surface area contributed by atoms with Gasteiger partial charge in [-0.2, -0.15) is 0 Å². The molecule has 0 spiro atoms. The number of rotatable bonds is 1. The van der Waals surface area contributed by atoms with Gasteiger partial charge in [0, 0.05) is 6.07 Å². The normalized spacial score (nSPS) is 18.9. The lowest BCUT2D eigenvalue weighted by Crippen LogP contribution is -2.34. The summed E-state index contributed by atoms with van der Waals surface area (Å²) in [5, 5.41) is 2.75. The zero-order valence-electron chi connectivity index (χ0n) is 8.33. The van der Waals surface area contributed by atoms with E-state index in [4.69, 9.17) is 9.47 Å². The first-order chi connectivity index (χ1) is 7.11. The van der Waals surface area contributed by atoms with E-state index in [1.807, 2.05) is 0 Å². The van der Waals surface area contributed by atoms with Crippen LogP contribution in [0, 0.1) is 0 Å². The number of halogens is 1. The quantitative estimate of drug-likeness (QED) is 0.852. The van der Waals surface area contributed by atoms with Crippen LogP contribution in [0.4, 0.5) is 5.69 Å². The van der Waals surface area contributed by atoms with Crippen LogP contribution < -0.4 is 14.8 Å². The Kier molecular flexibility index (Phi) is 2.56. The maximum Gasteiger partial charge on any atom is 0.265 e. The molecular weight excluding hydrogens is 262 g/mol. The molecule has 1 aliphatic rings. The van der Waals surface area contributed by atoms with Gasteiger partial charge in [-0.15, -0.1) is 0 Å². The van der Waals surface area contributed by atoms with Crippen molar-refractivity contribution < 1.29 is 14.3 Å². The number of anilines is 1. The Morgan fingerprint density at radius 1 is 1.53 bits per heavy atom. The molecule has 0 aliphatic carbocycles. The fourth-order valence-electron chi connectivity index (χ4n) is 1.36. The van der Waals surface area contributed by atoms with Crippen molar-refractivity contribution in [2.75, 3.05) is 12.4 Å². The lowest BCUT2D eigenvalue weighted by atomic mass is 10.2. The Morgan fingerprint density at radius 2 is 2.27 bits per heavy atom. The number of benzene rings is 1. The second kappa shape index (κ2) is 3.73. The van der Waals surface area contributed by atoms with Gasteiger partial charge in [-0.1, -0.05) is 0 Å². The van der Waals surface area contributed by atoms with E-state index in [0.717, 1.165) is 4.47 Å². The standard InChI is InChI=1S/C10H10BrNO3/c1-5-10(13)12-8-4-6(14-2)3-7(11)9(8)15-5/h3-5H,1-2H3,(H,12,13)/t5-/m0/s1. The molecule has 80 valence electrons. The van der Waals surface area contributed by atoms with Crippen LogP contribution in [0.1, 0.15) is 6.92 Å². The third-order valence-corrected chi connectivity index (χ3v) is 2.76. The molecule has 1 atom stereocenters. The van der Waals surface area contributed by atoms with Gasteiger partial charge >= 0.3 is 0 Å². The Labute approximate surface area is 95.7 Å². The second-order valence-electron chi connectivity index (χ2n) is 3.24. The number of amides is 1. The minimum Gasteiger partial charge on any atom is -0.497 e. The van der Waals surface area contributed by atoms with Crippen molar-refractivity contribution in [2.24, 2.45) is 0 Å². The van der Waals surface area contributed by atoms with Gasteiger partial charge in [-0.25, -0.2) is 0 Å². The smallest absolute Gasteiger partial charge is 0.265 e. The van der Waals surface area contributed by atoms with Crippen LogP contribution in [0.3, 0.4) is 0 Å². The van der Waals surface area contributed by atoms with E-state index in [1.165, 1.54) is 0 Å². The summed E-state index contributed by atoms with van der Waals surface area (Å²) in [5.74, 6) is 1.16. The van der Waals surface area contributed by atoms with Crippen LogP contribution in [0.25, 0.3) is 0 Å². The number of hydrogen-bond donors (Lipinski definition) is 1. The third kappa shape index (κ3) is 1.79. The SMILES string of the molecule is COc1cc(Br)c2c(c1)NC(=O)[C@H](C)O2. The van der Waals surface area contributed by atoms with Gasteiger partial charge < -0.3 is 14.8 Å². The second-order valence-corrected chi connectivity index (χ2v) is 4.09. The summed E-state index contributed by atoms with van der Waals surface area (Å²) in [4.78, 5) is 11.4. The fourth-order valence-corrected chi connectivity index (χ4v) is 1.90. The van der Waals surface area contributed by atoms with Crippen molar-refractivity contribution in [3.05, 3.63) is 16.6 Å². The van der Waals surface area contributed by atoms with Crippen molar-refractivity contribution in [1.29, 1.82) is 0 Å². The van der Waals surface area contributed by atoms with Gasteiger partial charge in [0.25, 0.3) is 5.91 Å². The van der Waals surface area contributed by atoms with Gasteiger partial charge in [0.05, 0.1) is 17.3 Å². The number of ether oxygens (including phenoxy) is 2. The van der Waals surface area contributed by atoms with Crippen molar-refractivity contribution in [2.45, 2.75) is 13.0 Å². The molecule has 0 saturated heterocycles. The lowest BCUT2D eigenvalue weighted by molar-refractivity contribution is -0.122. The van der Waals surface area contributed by atoms with Gasteiger partial charge in [0.2, 0.25) is 0 Å². The van der Waals surface area contributed by atoms with Crippen LogP contribution in [-0.2, 0) is 4.79 Å². The average molecular weight is 272 g/mol. The molecule has 0 radical (unpaired) electrons. The highest BCUT2D eigenvalue weighted by Gasteiger charge is 2.25. The van der Waals surface area contributed by atoms with Gasteiger partial charge in [0.1, 0.15) is 5.75 Å².